The number of hydrogen-bond acceptors (Lipinski definition) is 3. The van der Waals surface area contributed by atoms with Crippen LogP contribution in [-0.4, -0.2) is 9.97 Å². The molecule has 0 amide bonds. The highest BCUT2D eigenvalue weighted by atomic mass is 79.9. The number of halogens is 1. The van der Waals surface area contributed by atoms with Gasteiger partial charge in [0.1, 0.15) is 5.82 Å². The lowest BCUT2D eigenvalue weighted by Gasteiger charge is -2.12. The predicted octanol–water partition coefficient (Wildman–Crippen LogP) is 5.06. The maximum Gasteiger partial charge on any atom is 0.130 e. The van der Waals surface area contributed by atoms with E-state index in [2.05, 4.69) is 63.3 Å². The summed E-state index contributed by atoms with van der Waals surface area (Å²) in [4.78, 5) is 9.04. The summed E-state index contributed by atoms with van der Waals surface area (Å²) in [5, 5.41) is 4.53. The first-order chi connectivity index (χ1) is 10.0. The van der Waals surface area contributed by atoms with E-state index in [1.54, 1.807) is 6.20 Å². The molecule has 0 spiro atoms. The number of rotatable bonds is 2. The molecular weight excluding hydrogens is 326 g/mol. The Morgan fingerprint density at radius 1 is 1.05 bits per heavy atom. The fourth-order valence-corrected chi connectivity index (χ4v) is 2.73. The Labute approximate surface area is 132 Å². The number of hydrogen-bond donors (Lipinski definition) is 1. The molecule has 3 aromatic rings. The van der Waals surface area contributed by atoms with E-state index in [1.165, 1.54) is 11.1 Å². The molecule has 0 aliphatic heterocycles. The standard InChI is InChI=1S/C17H16BrN3/c1-10-6-11(2)17-14(7-10)15(8-12(3)20-17)21-16-5-4-13(18)9-19-16/h4-9H,1-3H3,(H,19,20,21). The van der Waals surface area contributed by atoms with Crippen molar-refractivity contribution in [3.8, 4) is 0 Å². The minimum atomic E-state index is 0.823. The van der Waals surface area contributed by atoms with E-state index in [9.17, 15) is 0 Å². The van der Waals surface area contributed by atoms with Crippen molar-refractivity contribution in [2.24, 2.45) is 0 Å². The second-order valence-corrected chi connectivity index (χ2v) is 6.19. The number of aromatic nitrogens is 2. The minimum absolute atomic E-state index is 0.823. The molecule has 0 fully saturated rings. The molecule has 2 heterocycles. The van der Waals surface area contributed by atoms with Crippen molar-refractivity contribution in [1.29, 1.82) is 0 Å². The molecule has 0 atom stereocenters. The van der Waals surface area contributed by atoms with Crippen LogP contribution in [0.15, 0.2) is 41.0 Å². The van der Waals surface area contributed by atoms with Gasteiger partial charge in [-0.05, 0) is 66.5 Å². The monoisotopic (exact) mass is 341 g/mol. The smallest absolute Gasteiger partial charge is 0.130 e. The maximum absolute atomic E-state index is 4.66. The fraction of sp³-hybridized carbons (Fsp3) is 0.176. The van der Waals surface area contributed by atoms with Crippen molar-refractivity contribution in [1.82, 2.24) is 9.97 Å². The second-order valence-electron chi connectivity index (χ2n) is 5.28. The van der Waals surface area contributed by atoms with Crippen LogP contribution in [0.25, 0.3) is 10.9 Å². The first-order valence-corrected chi connectivity index (χ1v) is 7.59. The lowest BCUT2D eigenvalue weighted by atomic mass is 10.0. The molecular formula is C17H16BrN3. The Kier molecular flexibility index (Phi) is 3.64. The SMILES string of the molecule is Cc1cc(C)c2nc(C)cc(Nc3ccc(Br)cn3)c2c1. The van der Waals surface area contributed by atoms with Crippen LogP contribution in [0.1, 0.15) is 16.8 Å². The Morgan fingerprint density at radius 3 is 2.57 bits per heavy atom. The average Bonchev–Trinajstić information content (AvgIpc) is 2.43. The number of aryl methyl sites for hydroxylation is 3. The molecule has 21 heavy (non-hydrogen) atoms. The van der Waals surface area contributed by atoms with Crippen LogP contribution in [0.2, 0.25) is 0 Å². The van der Waals surface area contributed by atoms with Gasteiger partial charge in [0.15, 0.2) is 0 Å². The first-order valence-electron chi connectivity index (χ1n) is 6.80. The van der Waals surface area contributed by atoms with E-state index >= 15 is 0 Å². The van der Waals surface area contributed by atoms with Crippen molar-refractivity contribution in [3.05, 3.63) is 57.8 Å². The van der Waals surface area contributed by atoms with Crippen LogP contribution in [0.4, 0.5) is 11.5 Å². The molecule has 3 nitrogen and oxygen atoms in total. The highest BCUT2D eigenvalue weighted by Gasteiger charge is 2.08. The van der Waals surface area contributed by atoms with E-state index in [1.807, 2.05) is 19.1 Å². The van der Waals surface area contributed by atoms with E-state index in [0.29, 0.717) is 0 Å². The molecule has 3 rings (SSSR count). The summed E-state index contributed by atoms with van der Waals surface area (Å²) >= 11 is 3.40. The van der Waals surface area contributed by atoms with Gasteiger partial charge in [0, 0.05) is 21.7 Å². The summed E-state index contributed by atoms with van der Waals surface area (Å²) in [7, 11) is 0. The maximum atomic E-state index is 4.66. The Hall–Kier alpha value is -1.94. The highest BCUT2D eigenvalue weighted by molar-refractivity contribution is 9.10. The number of fused-ring (bicyclic) bond motifs is 1. The van der Waals surface area contributed by atoms with E-state index in [0.717, 1.165) is 32.6 Å². The second kappa shape index (κ2) is 5.45. The zero-order valence-electron chi connectivity index (χ0n) is 12.2. The number of nitrogens with one attached hydrogen (secondary N) is 1. The molecule has 0 saturated heterocycles. The zero-order chi connectivity index (χ0) is 15.0. The Balaban J connectivity index is 2.15. The molecule has 0 unspecified atom stereocenters. The fourth-order valence-electron chi connectivity index (χ4n) is 2.50. The van der Waals surface area contributed by atoms with Gasteiger partial charge in [-0.2, -0.15) is 0 Å². The molecule has 1 aromatic carbocycles. The number of pyridine rings is 2. The van der Waals surface area contributed by atoms with Crippen LogP contribution in [0, 0.1) is 20.8 Å². The minimum Gasteiger partial charge on any atom is -0.340 e. The van der Waals surface area contributed by atoms with Crippen LogP contribution in [0.3, 0.4) is 0 Å². The topological polar surface area (TPSA) is 37.8 Å². The Bertz CT molecular complexity index is 810. The molecule has 0 aliphatic rings. The van der Waals surface area contributed by atoms with Gasteiger partial charge in [-0.1, -0.05) is 11.6 Å². The lowest BCUT2D eigenvalue weighted by molar-refractivity contribution is 1.23. The third-order valence-electron chi connectivity index (χ3n) is 3.37. The van der Waals surface area contributed by atoms with E-state index < -0.39 is 0 Å². The van der Waals surface area contributed by atoms with Gasteiger partial charge in [0.05, 0.1) is 11.2 Å². The first kappa shape index (κ1) is 14.0. The predicted molar refractivity (Wildman–Crippen MR) is 91.2 cm³/mol. The van der Waals surface area contributed by atoms with Gasteiger partial charge in [0.25, 0.3) is 0 Å². The molecule has 1 N–H and O–H groups in total. The van der Waals surface area contributed by atoms with Crippen LogP contribution in [-0.2, 0) is 0 Å². The van der Waals surface area contributed by atoms with Gasteiger partial charge in [0.2, 0.25) is 0 Å². The average molecular weight is 342 g/mol. The van der Waals surface area contributed by atoms with Crippen molar-refractivity contribution >= 4 is 38.3 Å². The van der Waals surface area contributed by atoms with Gasteiger partial charge in [-0.25, -0.2) is 4.98 Å². The summed E-state index contributed by atoms with van der Waals surface area (Å²) in [5.74, 6) is 0.823. The van der Waals surface area contributed by atoms with Crippen molar-refractivity contribution in [2.45, 2.75) is 20.8 Å². The summed E-state index contributed by atoms with van der Waals surface area (Å²) in [5.41, 5.74) is 5.51. The summed E-state index contributed by atoms with van der Waals surface area (Å²) in [6.45, 7) is 6.22. The zero-order valence-corrected chi connectivity index (χ0v) is 13.8. The third kappa shape index (κ3) is 2.90. The van der Waals surface area contributed by atoms with E-state index in [-0.39, 0.29) is 0 Å². The highest BCUT2D eigenvalue weighted by Crippen LogP contribution is 2.29. The van der Waals surface area contributed by atoms with Gasteiger partial charge < -0.3 is 5.32 Å². The molecule has 0 bridgehead atoms. The largest absolute Gasteiger partial charge is 0.340 e. The van der Waals surface area contributed by atoms with Gasteiger partial charge in [-0.3, -0.25) is 4.98 Å². The van der Waals surface area contributed by atoms with E-state index in [4.69, 9.17) is 0 Å². The lowest BCUT2D eigenvalue weighted by Crippen LogP contribution is -1.98. The molecule has 4 heteroatoms. The molecule has 2 aromatic heterocycles. The van der Waals surface area contributed by atoms with Crippen LogP contribution < -0.4 is 5.32 Å². The number of benzene rings is 1. The number of nitrogens with zero attached hydrogens (tertiary/aromatic N) is 2. The van der Waals surface area contributed by atoms with Gasteiger partial charge >= 0.3 is 0 Å². The molecule has 0 radical (unpaired) electrons. The van der Waals surface area contributed by atoms with Crippen molar-refractivity contribution in [2.75, 3.05) is 5.32 Å². The summed E-state index contributed by atoms with van der Waals surface area (Å²) in [6.07, 6.45) is 1.79. The van der Waals surface area contributed by atoms with Crippen LogP contribution in [0.5, 0.6) is 0 Å². The normalized spacial score (nSPS) is 10.9. The van der Waals surface area contributed by atoms with Crippen molar-refractivity contribution < 1.29 is 0 Å². The molecule has 0 aliphatic carbocycles. The Morgan fingerprint density at radius 2 is 1.86 bits per heavy atom. The number of anilines is 2. The molecule has 0 saturated carbocycles. The summed E-state index contributed by atoms with van der Waals surface area (Å²) < 4.78 is 0.968. The summed E-state index contributed by atoms with van der Waals surface area (Å²) in [6, 6.07) is 10.3. The third-order valence-corrected chi connectivity index (χ3v) is 3.84. The quantitative estimate of drug-likeness (QED) is 0.707. The van der Waals surface area contributed by atoms with Crippen LogP contribution >= 0.6 is 15.9 Å². The molecule has 106 valence electrons. The van der Waals surface area contributed by atoms with Crippen molar-refractivity contribution in [3.63, 3.8) is 0 Å². The van der Waals surface area contributed by atoms with Gasteiger partial charge in [-0.15, -0.1) is 0 Å².